The van der Waals surface area contributed by atoms with E-state index in [1.165, 1.54) is 16.7 Å². The summed E-state index contributed by atoms with van der Waals surface area (Å²) in [5.74, 6) is 0.899. The van der Waals surface area contributed by atoms with Gasteiger partial charge in [0.15, 0.2) is 0 Å². The van der Waals surface area contributed by atoms with E-state index in [9.17, 15) is 0 Å². The molecule has 162 valence electrons. The summed E-state index contributed by atoms with van der Waals surface area (Å²) in [6, 6.07) is 16.8. The molecule has 30 heavy (non-hydrogen) atoms. The molecule has 2 aromatic rings. The smallest absolute Gasteiger partial charge is 0.224 e. The molecule has 2 aliphatic heterocycles. The number of benzene rings is 2. The van der Waals surface area contributed by atoms with Gasteiger partial charge in [0.05, 0.1) is 12.7 Å². The van der Waals surface area contributed by atoms with Crippen molar-refractivity contribution in [2.75, 3.05) is 13.2 Å². The Morgan fingerprint density at radius 3 is 1.80 bits per heavy atom. The topological polar surface area (TPSA) is 68.6 Å². The lowest BCUT2D eigenvalue weighted by atomic mass is 10.0. The van der Waals surface area contributed by atoms with Crippen LogP contribution in [0.4, 0.5) is 0 Å². The highest BCUT2D eigenvalue weighted by atomic mass is 17.4. The van der Waals surface area contributed by atoms with Crippen molar-refractivity contribution in [1.29, 1.82) is 0 Å². The van der Waals surface area contributed by atoms with Crippen LogP contribution >= 0.6 is 0 Å². The molecule has 2 aromatic carbocycles. The monoisotopic (exact) mass is 414 g/mol. The summed E-state index contributed by atoms with van der Waals surface area (Å²) >= 11 is 0. The van der Waals surface area contributed by atoms with E-state index in [1.54, 1.807) is 0 Å². The fourth-order valence-electron chi connectivity index (χ4n) is 3.33. The molecule has 6 heteroatoms. The summed E-state index contributed by atoms with van der Waals surface area (Å²) in [7, 11) is 0. The Morgan fingerprint density at radius 2 is 1.23 bits per heavy atom. The van der Waals surface area contributed by atoms with Gasteiger partial charge in [-0.1, -0.05) is 36.4 Å². The Kier molecular flexibility index (Phi) is 7.72. The van der Waals surface area contributed by atoms with Crippen molar-refractivity contribution in [3.8, 4) is 16.9 Å². The van der Waals surface area contributed by atoms with Crippen LogP contribution in [0.1, 0.15) is 57.1 Å². The molecule has 6 nitrogen and oxygen atoms in total. The maximum Gasteiger partial charge on any atom is 0.224 e. The molecule has 0 N–H and O–H groups in total. The molecule has 2 aliphatic rings. The molecule has 2 fully saturated rings. The van der Waals surface area contributed by atoms with Gasteiger partial charge in [0.25, 0.3) is 0 Å². The number of hydrogen-bond donors (Lipinski definition) is 0. The molecule has 1 unspecified atom stereocenters. The van der Waals surface area contributed by atoms with Gasteiger partial charge in [-0.25, -0.2) is 0 Å². The highest BCUT2D eigenvalue weighted by Gasteiger charge is 2.24. The van der Waals surface area contributed by atoms with Gasteiger partial charge in [0.1, 0.15) is 5.75 Å². The van der Waals surface area contributed by atoms with Crippen LogP contribution in [0.3, 0.4) is 0 Å². The second-order valence-corrected chi connectivity index (χ2v) is 7.74. The third-order valence-corrected chi connectivity index (χ3v) is 5.34. The molecule has 0 saturated carbocycles. The SMILES string of the molecule is CC(OCCCCC1OO1)c1ccc(-c2ccc(OCCCCC3OO3)cc2)cc1. The molecule has 1 atom stereocenters. The zero-order valence-electron chi connectivity index (χ0n) is 17.5. The molecule has 0 radical (unpaired) electrons. The summed E-state index contributed by atoms with van der Waals surface area (Å²) in [4.78, 5) is 18.9. The largest absolute Gasteiger partial charge is 0.494 e. The summed E-state index contributed by atoms with van der Waals surface area (Å²) in [5.41, 5.74) is 3.55. The number of ether oxygens (including phenoxy) is 2. The molecule has 2 saturated heterocycles. The zero-order valence-corrected chi connectivity index (χ0v) is 17.5. The fraction of sp³-hybridized carbons (Fsp3) is 0.500. The molecule has 4 rings (SSSR count). The van der Waals surface area contributed by atoms with Crippen molar-refractivity contribution >= 4 is 0 Å². The average molecular weight is 414 g/mol. The first-order valence-corrected chi connectivity index (χ1v) is 10.9. The van der Waals surface area contributed by atoms with Crippen molar-refractivity contribution in [2.24, 2.45) is 0 Å². The minimum absolute atomic E-state index is 0.0215. The normalized spacial score (nSPS) is 17.1. The van der Waals surface area contributed by atoms with Crippen LogP contribution < -0.4 is 4.74 Å². The molecular formula is C24H30O6. The third kappa shape index (κ3) is 7.07. The van der Waals surface area contributed by atoms with E-state index >= 15 is 0 Å². The summed E-state index contributed by atoms with van der Waals surface area (Å²) in [6.07, 6.45) is 6.13. The average Bonchev–Trinajstić information content (AvgIpc) is 3.69. The van der Waals surface area contributed by atoms with Gasteiger partial charge in [-0.3, -0.25) is 0 Å². The second kappa shape index (κ2) is 10.9. The van der Waals surface area contributed by atoms with Crippen LogP contribution in [0.5, 0.6) is 5.75 Å². The maximum absolute atomic E-state index is 5.95. The van der Waals surface area contributed by atoms with Crippen molar-refractivity contribution < 1.29 is 29.0 Å². The third-order valence-electron chi connectivity index (χ3n) is 5.34. The number of hydrogen-bond acceptors (Lipinski definition) is 6. The van der Waals surface area contributed by atoms with Gasteiger partial charge in [0.2, 0.25) is 12.6 Å². The van der Waals surface area contributed by atoms with E-state index in [1.807, 2.05) is 12.1 Å². The first-order valence-electron chi connectivity index (χ1n) is 10.9. The minimum atomic E-state index is 0.0215. The lowest BCUT2D eigenvalue weighted by Gasteiger charge is -2.14. The van der Waals surface area contributed by atoms with Gasteiger partial charge in [0, 0.05) is 19.4 Å². The van der Waals surface area contributed by atoms with Crippen molar-refractivity contribution in [3.63, 3.8) is 0 Å². The summed E-state index contributed by atoms with van der Waals surface area (Å²) < 4.78 is 11.8. The van der Waals surface area contributed by atoms with Gasteiger partial charge < -0.3 is 9.47 Å². The maximum atomic E-state index is 5.95. The van der Waals surface area contributed by atoms with Gasteiger partial charge in [-0.2, -0.15) is 19.6 Å². The first kappa shape index (κ1) is 21.3. The van der Waals surface area contributed by atoms with Crippen molar-refractivity contribution in [2.45, 2.75) is 64.1 Å². The van der Waals surface area contributed by atoms with Crippen molar-refractivity contribution in [1.82, 2.24) is 0 Å². The van der Waals surface area contributed by atoms with Crippen LogP contribution in [-0.2, 0) is 24.3 Å². The lowest BCUT2D eigenvalue weighted by molar-refractivity contribution is 0.0626. The van der Waals surface area contributed by atoms with Crippen LogP contribution in [-0.4, -0.2) is 25.8 Å². The first-order chi connectivity index (χ1) is 14.8. The standard InChI is InChI=1S/C24H30O6/c1-18(25-16-4-2-6-23-27-28-23)19-8-10-20(11-9-19)21-12-14-22(15-13-21)26-17-5-3-7-24-29-30-24/h8-15,18,23-24H,2-7,16-17H2,1H3. The number of rotatable bonds is 14. The molecule has 2 heterocycles. The predicted octanol–water partition coefficient (Wildman–Crippen LogP) is 5.73. The van der Waals surface area contributed by atoms with E-state index in [-0.39, 0.29) is 18.7 Å². The van der Waals surface area contributed by atoms with E-state index < -0.39 is 0 Å². The van der Waals surface area contributed by atoms with Gasteiger partial charge in [-0.05, 0) is 61.4 Å². The highest BCUT2D eigenvalue weighted by molar-refractivity contribution is 5.64. The Morgan fingerprint density at radius 1 is 0.700 bits per heavy atom. The molecule has 0 spiro atoms. The predicted molar refractivity (Wildman–Crippen MR) is 111 cm³/mol. The van der Waals surface area contributed by atoms with Crippen LogP contribution in [0.2, 0.25) is 0 Å². The Labute approximate surface area is 177 Å². The molecule has 0 aromatic heterocycles. The van der Waals surface area contributed by atoms with E-state index in [2.05, 4.69) is 43.3 Å². The number of unbranched alkanes of at least 4 members (excludes halogenated alkanes) is 2. The van der Waals surface area contributed by atoms with E-state index in [4.69, 9.17) is 29.0 Å². The molecular weight excluding hydrogens is 384 g/mol. The minimum Gasteiger partial charge on any atom is -0.494 e. The van der Waals surface area contributed by atoms with Crippen LogP contribution in [0.15, 0.2) is 48.5 Å². The van der Waals surface area contributed by atoms with Gasteiger partial charge >= 0.3 is 0 Å². The Balaban J connectivity index is 1.17. The lowest BCUT2D eigenvalue weighted by Crippen LogP contribution is -2.02. The quantitative estimate of drug-likeness (QED) is 0.223. The van der Waals surface area contributed by atoms with E-state index in [0.29, 0.717) is 6.61 Å². The Hall–Kier alpha value is -1.96. The van der Waals surface area contributed by atoms with Crippen LogP contribution in [0.25, 0.3) is 11.1 Å². The molecule has 0 amide bonds. The van der Waals surface area contributed by atoms with Crippen LogP contribution in [0, 0.1) is 0 Å². The molecule has 0 aliphatic carbocycles. The highest BCUT2D eigenvalue weighted by Crippen LogP contribution is 2.26. The second-order valence-electron chi connectivity index (χ2n) is 7.74. The molecule has 0 bridgehead atoms. The van der Waals surface area contributed by atoms with E-state index in [0.717, 1.165) is 50.9 Å². The van der Waals surface area contributed by atoms with Gasteiger partial charge in [-0.15, -0.1) is 0 Å². The fourth-order valence-corrected chi connectivity index (χ4v) is 3.33. The zero-order chi connectivity index (χ0) is 20.6. The van der Waals surface area contributed by atoms with Crippen molar-refractivity contribution in [3.05, 3.63) is 54.1 Å². The Bertz CT molecular complexity index is 752. The summed E-state index contributed by atoms with van der Waals surface area (Å²) in [6.45, 7) is 3.55. The summed E-state index contributed by atoms with van der Waals surface area (Å²) in [5, 5.41) is 0.